The van der Waals surface area contributed by atoms with Crippen molar-refractivity contribution in [3.8, 4) is 11.5 Å². The number of ether oxygens (including phenoxy) is 2. The minimum absolute atomic E-state index is 0.0973. The standard InChI is InChI=1S/C27H26N2O3/c1-31-20-9-5-7-17(13-20)19-15-24-26(25(30)16-19)27(18-8-6-10-21(14-18)32-2)29-23-12-4-3-11-22(23)28-24/h3-14,19,27-29H,15-16H2,1-2H3. The fraction of sp³-hybridized carbons (Fsp3) is 0.222. The Labute approximate surface area is 188 Å². The SMILES string of the molecule is COc1cccc(C2CC(=O)C3=C(C2)Nc2ccccc2NC3c2cccc(OC)c2)c1. The van der Waals surface area contributed by atoms with Crippen LogP contribution in [-0.4, -0.2) is 20.0 Å². The molecule has 0 amide bonds. The molecular weight excluding hydrogens is 400 g/mol. The molecule has 2 aliphatic rings. The molecule has 0 saturated heterocycles. The molecule has 2 atom stereocenters. The third-order valence-electron chi connectivity index (χ3n) is 6.30. The second-order valence-corrected chi connectivity index (χ2v) is 8.22. The van der Waals surface area contributed by atoms with Gasteiger partial charge in [-0.2, -0.15) is 0 Å². The van der Waals surface area contributed by atoms with E-state index in [1.54, 1.807) is 14.2 Å². The molecule has 1 aliphatic carbocycles. The van der Waals surface area contributed by atoms with Gasteiger partial charge in [0.05, 0.1) is 31.6 Å². The first-order chi connectivity index (χ1) is 15.7. The highest BCUT2D eigenvalue weighted by Gasteiger charge is 2.36. The van der Waals surface area contributed by atoms with E-state index in [4.69, 9.17) is 9.47 Å². The predicted octanol–water partition coefficient (Wildman–Crippen LogP) is 5.68. The lowest BCUT2D eigenvalue weighted by atomic mass is 9.78. The number of Topliss-reactive ketones (excluding diaryl/α,β-unsaturated/α-hetero) is 1. The zero-order valence-electron chi connectivity index (χ0n) is 18.2. The summed E-state index contributed by atoms with van der Waals surface area (Å²) in [6.45, 7) is 0. The third-order valence-corrected chi connectivity index (χ3v) is 6.30. The summed E-state index contributed by atoms with van der Waals surface area (Å²) in [4.78, 5) is 13.6. The molecule has 32 heavy (non-hydrogen) atoms. The minimum Gasteiger partial charge on any atom is -0.497 e. The van der Waals surface area contributed by atoms with Gasteiger partial charge in [0.15, 0.2) is 5.78 Å². The molecule has 162 valence electrons. The van der Waals surface area contributed by atoms with Crippen LogP contribution in [0.15, 0.2) is 84.1 Å². The maximum Gasteiger partial charge on any atom is 0.163 e. The Morgan fingerprint density at radius 2 is 1.44 bits per heavy atom. The van der Waals surface area contributed by atoms with Crippen molar-refractivity contribution in [1.29, 1.82) is 0 Å². The van der Waals surface area contributed by atoms with E-state index in [9.17, 15) is 4.79 Å². The molecule has 0 fully saturated rings. The minimum atomic E-state index is -0.255. The largest absolute Gasteiger partial charge is 0.497 e. The Kier molecular flexibility index (Phi) is 5.31. The van der Waals surface area contributed by atoms with Gasteiger partial charge >= 0.3 is 0 Å². The normalized spacial score (nSPS) is 19.8. The first-order valence-corrected chi connectivity index (χ1v) is 10.8. The van der Waals surface area contributed by atoms with Gasteiger partial charge in [-0.1, -0.05) is 36.4 Å². The first kappa shape index (κ1) is 20.2. The maximum absolute atomic E-state index is 13.6. The molecule has 0 aromatic heterocycles. The van der Waals surface area contributed by atoms with E-state index in [0.717, 1.165) is 51.7 Å². The number of hydrogen-bond donors (Lipinski definition) is 2. The van der Waals surface area contributed by atoms with Gasteiger partial charge in [0, 0.05) is 17.7 Å². The molecule has 0 radical (unpaired) electrons. The average molecular weight is 427 g/mol. The average Bonchev–Trinajstić information content (AvgIpc) is 3.01. The van der Waals surface area contributed by atoms with E-state index in [1.807, 2.05) is 66.7 Å². The van der Waals surface area contributed by atoms with Crippen LogP contribution in [0, 0.1) is 0 Å². The lowest BCUT2D eigenvalue weighted by Gasteiger charge is -2.30. The number of methoxy groups -OCH3 is 2. The van der Waals surface area contributed by atoms with Crippen LogP contribution in [0.3, 0.4) is 0 Å². The number of ketones is 1. The van der Waals surface area contributed by atoms with Crippen molar-refractivity contribution in [1.82, 2.24) is 0 Å². The van der Waals surface area contributed by atoms with Crippen molar-refractivity contribution in [2.24, 2.45) is 0 Å². The molecule has 2 unspecified atom stereocenters. The summed E-state index contributed by atoms with van der Waals surface area (Å²) in [5.74, 6) is 1.83. The number of allylic oxidation sites excluding steroid dienone is 1. The van der Waals surface area contributed by atoms with Crippen LogP contribution in [0.1, 0.15) is 35.9 Å². The summed E-state index contributed by atoms with van der Waals surface area (Å²) in [5.41, 5.74) is 5.84. The number of carbonyl (C=O) groups excluding carboxylic acids is 1. The van der Waals surface area contributed by atoms with E-state index in [1.165, 1.54) is 0 Å². The van der Waals surface area contributed by atoms with E-state index >= 15 is 0 Å². The molecule has 0 spiro atoms. The lowest BCUT2D eigenvalue weighted by Crippen LogP contribution is -2.26. The van der Waals surface area contributed by atoms with Crippen LogP contribution in [0.4, 0.5) is 11.4 Å². The maximum atomic E-state index is 13.6. The van der Waals surface area contributed by atoms with Gasteiger partial charge in [-0.15, -0.1) is 0 Å². The Morgan fingerprint density at radius 3 is 2.16 bits per heavy atom. The van der Waals surface area contributed by atoms with Crippen molar-refractivity contribution in [3.05, 3.63) is 95.2 Å². The summed E-state index contributed by atoms with van der Waals surface area (Å²) < 4.78 is 10.9. The highest BCUT2D eigenvalue weighted by atomic mass is 16.5. The molecule has 5 heteroatoms. The van der Waals surface area contributed by atoms with Gasteiger partial charge in [-0.05, 0) is 59.9 Å². The second kappa shape index (κ2) is 8.42. The number of hydrogen-bond acceptors (Lipinski definition) is 5. The quantitative estimate of drug-likeness (QED) is 0.562. The van der Waals surface area contributed by atoms with Gasteiger partial charge in [0.1, 0.15) is 11.5 Å². The molecule has 1 aliphatic heterocycles. The zero-order valence-corrected chi connectivity index (χ0v) is 18.2. The highest BCUT2D eigenvalue weighted by molar-refractivity contribution is 6.01. The molecule has 5 nitrogen and oxygen atoms in total. The van der Waals surface area contributed by atoms with Crippen LogP contribution in [0.5, 0.6) is 11.5 Å². The smallest absolute Gasteiger partial charge is 0.163 e. The number of para-hydroxylation sites is 2. The van der Waals surface area contributed by atoms with Crippen LogP contribution in [0.2, 0.25) is 0 Å². The zero-order chi connectivity index (χ0) is 22.1. The number of fused-ring (bicyclic) bond motifs is 1. The summed E-state index contributed by atoms with van der Waals surface area (Å²) in [5, 5.41) is 7.20. The summed E-state index contributed by atoms with van der Waals surface area (Å²) in [6.07, 6.45) is 1.22. The van der Waals surface area contributed by atoms with Crippen molar-refractivity contribution >= 4 is 17.2 Å². The van der Waals surface area contributed by atoms with Crippen molar-refractivity contribution in [2.45, 2.75) is 24.8 Å². The van der Waals surface area contributed by atoms with Crippen molar-refractivity contribution in [2.75, 3.05) is 24.9 Å². The van der Waals surface area contributed by atoms with Gasteiger partial charge in [0.25, 0.3) is 0 Å². The number of benzene rings is 3. The molecule has 3 aromatic rings. The Balaban J connectivity index is 1.60. The number of nitrogens with one attached hydrogen (secondary N) is 2. The fourth-order valence-corrected chi connectivity index (χ4v) is 4.69. The van der Waals surface area contributed by atoms with Gasteiger partial charge in [-0.25, -0.2) is 0 Å². The first-order valence-electron chi connectivity index (χ1n) is 10.8. The fourth-order valence-electron chi connectivity index (χ4n) is 4.69. The van der Waals surface area contributed by atoms with Gasteiger partial charge < -0.3 is 20.1 Å². The van der Waals surface area contributed by atoms with Gasteiger partial charge in [0.2, 0.25) is 0 Å². The monoisotopic (exact) mass is 426 g/mol. The number of rotatable bonds is 4. The lowest BCUT2D eigenvalue weighted by molar-refractivity contribution is -0.116. The number of carbonyl (C=O) groups is 1. The van der Waals surface area contributed by atoms with Gasteiger partial charge in [-0.3, -0.25) is 4.79 Å². The van der Waals surface area contributed by atoms with Crippen molar-refractivity contribution in [3.63, 3.8) is 0 Å². The van der Waals surface area contributed by atoms with Crippen LogP contribution in [-0.2, 0) is 4.79 Å². The third kappa shape index (κ3) is 3.71. The summed E-state index contributed by atoms with van der Waals surface area (Å²) in [6, 6.07) is 23.8. The molecule has 0 bridgehead atoms. The molecule has 3 aromatic carbocycles. The van der Waals surface area contributed by atoms with Crippen LogP contribution >= 0.6 is 0 Å². The molecule has 5 rings (SSSR count). The Morgan fingerprint density at radius 1 is 0.781 bits per heavy atom. The molecular formula is C27H26N2O3. The molecule has 1 heterocycles. The predicted molar refractivity (Wildman–Crippen MR) is 126 cm³/mol. The second-order valence-electron chi connectivity index (χ2n) is 8.22. The summed E-state index contributed by atoms with van der Waals surface area (Å²) >= 11 is 0. The van der Waals surface area contributed by atoms with E-state index < -0.39 is 0 Å². The van der Waals surface area contributed by atoms with E-state index in [0.29, 0.717) is 6.42 Å². The van der Waals surface area contributed by atoms with Crippen LogP contribution in [0.25, 0.3) is 0 Å². The van der Waals surface area contributed by atoms with Crippen molar-refractivity contribution < 1.29 is 14.3 Å². The number of anilines is 2. The van der Waals surface area contributed by atoms with E-state index in [2.05, 4.69) is 16.7 Å². The summed E-state index contributed by atoms with van der Waals surface area (Å²) in [7, 11) is 3.33. The Bertz CT molecular complexity index is 1200. The topological polar surface area (TPSA) is 59.6 Å². The molecule has 2 N–H and O–H groups in total. The van der Waals surface area contributed by atoms with E-state index in [-0.39, 0.29) is 17.7 Å². The Hall–Kier alpha value is -3.73. The highest BCUT2D eigenvalue weighted by Crippen LogP contribution is 2.44. The molecule has 0 saturated carbocycles. The van der Waals surface area contributed by atoms with Crippen LogP contribution < -0.4 is 20.1 Å².